The van der Waals surface area contributed by atoms with Gasteiger partial charge in [-0.15, -0.1) is 0 Å². The third kappa shape index (κ3) is 2.00. The molecule has 6 heteroatoms. The van der Waals surface area contributed by atoms with E-state index in [2.05, 4.69) is 72.8 Å². The van der Waals surface area contributed by atoms with Crippen LogP contribution < -0.4 is 10.6 Å². The molecule has 2 aromatic rings. The number of nitrogens with zero attached hydrogens (tertiary/aromatic N) is 3. The van der Waals surface area contributed by atoms with E-state index in [1.165, 1.54) is 17.0 Å². The minimum Gasteiger partial charge on any atom is -0.191 e. The molecule has 0 aromatic heterocycles. The highest BCUT2D eigenvalue weighted by Gasteiger charge is 2.54. The van der Waals surface area contributed by atoms with Crippen molar-refractivity contribution in [3.05, 3.63) is 72.8 Å². The summed E-state index contributed by atoms with van der Waals surface area (Å²) in [7, 11) is -2.44. The number of benzene rings is 2. The van der Waals surface area contributed by atoms with Gasteiger partial charge >= 0.3 is 0 Å². The first-order valence-corrected chi connectivity index (χ1v) is 12.8. The van der Waals surface area contributed by atoms with Crippen LogP contribution in [0.3, 0.4) is 0 Å². The molecular formula is C19H18N3PS2. The molecule has 1 fully saturated rings. The van der Waals surface area contributed by atoms with Crippen LogP contribution in [0.2, 0.25) is 0 Å². The minimum atomic E-state index is -2.07. The Bertz CT molecular complexity index is 970. The molecule has 4 aliphatic rings. The lowest BCUT2D eigenvalue weighted by atomic mass is 10.1. The van der Waals surface area contributed by atoms with E-state index in [0.717, 1.165) is 0 Å². The van der Waals surface area contributed by atoms with Crippen LogP contribution in [0.1, 0.15) is 6.42 Å². The van der Waals surface area contributed by atoms with Gasteiger partial charge in [0.2, 0.25) is 0 Å². The van der Waals surface area contributed by atoms with Gasteiger partial charge in [0.1, 0.15) is 0 Å². The third-order valence-corrected chi connectivity index (χ3v) is 14.5. The van der Waals surface area contributed by atoms with Crippen molar-refractivity contribution in [1.29, 1.82) is 0 Å². The highest BCUT2D eigenvalue weighted by molar-refractivity contribution is 8.09. The van der Waals surface area contributed by atoms with E-state index in [9.17, 15) is 0 Å². The smallest absolute Gasteiger partial charge is 0.153 e. The van der Waals surface area contributed by atoms with Gasteiger partial charge in [-0.3, -0.25) is 0 Å². The summed E-state index contributed by atoms with van der Waals surface area (Å²) in [4.78, 5) is 0. The van der Waals surface area contributed by atoms with Crippen LogP contribution >= 0.6 is 7.21 Å². The van der Waals surface area contributed by atoms with Crippen LogP contribution in [0.15, 0.2) is 84.9 Å². The molecule has 0 radical (unpaired) electrons. The molecule has 2 aliphatic carbocycles. The van der Waals surface area contributed by atoms with Crippen LogP contribution in [0, 0.1) is 11.8 Å². The Morgan fingerprint density at radius 3 is 1.92 bits per heavy atom. The standard InChI is InChI=1S/C19H18N3PS2/c1-3-7-16(8-4-1)23(17-9-5-2-6-10-17)20-24-18-14-11-12-15(13-14)19(18)25(21-23)22-24/h1-12,14-15,18-19H,13H2. The fourth-order valence-electron chi connectivity index (χ4n) is 4.47. The number of hydrogen-bond donors (Lipinski definition) is 0. The number of allylic oxidation sites excluding steroid dienone is 2. The molecule has 126 valence electrons. The lowest BCUT2D eigenvalue weighted by Crippen LogP contribution is -2.29. The van der Waals surface area contributed by atoms with E-state index >= 15 is 0 Å². The molecule has 0 amide bonds. The fraction of sp³-hybridized carbons (Fsp3) is 0.263. The van der Waals surface area contributed by atoms with E-state index in [-0.39, 0.29) is 21.8 Å². The number of hydrogen-bond acceptors (Lipinski definition) is 3. The summed E-state index contributed by atoms with van der Waals surface area (Å²) in [5, 5.41) is 3.81. The van der Waals surface area contributed by atoms with Gasteiger partial charge in [-0.25, -0.2) is 0 Å². The normalized spacial score (nSPS) is 38.6. The van der Waals surface area contributed by atoms with Crippen molar-refractivity contribution >= 4 is 39.6 Å². The molecule has 25 heavy (non-hydrogen) atoms. The fourth-order valence-corrected chi connectivity index (χ4v) is 15.3. The van der Waals surface area contributed by atoms with Gasteiger partial charge < -0.3 is 0 Å². The van der Waals surface area contributed by atoms with Crippen molar-refractivity contribution < 1.29 is 0 Å². The molecule has 6 atom stereocenters. The topological polar surface area (TPSA) is 37.1 Å². The van der Waals surface area contributed by atoms with Crippen molar-refractivity contribution in [2.24, 2.45) is 23.9 Å². The molecular weight excluding hydrogens is 365 g/mol. The highest BCUT2D eigenvalue weighted by atomic mass is 32.2. The summed E-state index contributed by atoms with van der Waals surface area (Å²) in [5.74, 6) is 1.37. The lowest BCUT2D eigenvalue weighted by Gasteiger charge is -2.23. The summed E-state index contributed by atoms with van der Waals surface area (Å²) < 4.78 is 16.0. The van der Waals surface area contributed by atoms with Crippen LogP contribution in [-0.2, 0) is 21.8 Å². The molecule has 1 saturated carbocycles. The zero-order chi connectivity index (χ0) is 16.4. The Labute approximate surface area is 153 Å². The van der Waals surface area contributed by atoms with Crippen molar-refractivity contribution in [3.8, 4) is 0 Å². The Balaban J connectivity index is 1.62. The SMILES string of the molecule is C1=CC2CC1C1C2S2=NP(c3ccccc3)(c3ccccc3)=NS1=N2. The summed E-state index contributed by atoms with van der Waals surface area (Å²) in [5.41, 5.74) is 0. The first-order valence-electron chi connectivity index (χ1n) is 8.69. The molecule has 0 N–H and O–H groups in total. The van der Waals surface area contributed by atoms with Crippen molar-refractivity contribution in [1.82, 2.24) is 0 Å². The van der Waals surface area contributed by atoms with E-state index in [1.807, 2.05) is 0 Å². The first-order chi connectivity index (χ1) is 12.4. The van der Waals surface area contributed by atoms with Crippen LogP contribution in [-0.4, -0.2) is 10.5 Å². The van der Waals surface area contributed by atoms with Gasteiger partial charge in [-0.05, 0) is 18.3 Å². The maximum atomic E-state index is 5.45. The molecule has 3 nitrogen and oxygen atoms in total. The molecule has 2 aromatic carbocycles. The Morgan fingerprint density at radius 1 is 0.760 bits per heavy atom. The van der Waals surface area contributed by atoms with Gasteiger partial charge in [0, 0.05) is 32.4 Å². The number of fused-ring (bicyclic) bond motifs is 8. The molecule has 0 spiro atoms. The van der Waals surface area contributed by atoms with Crippen molar-refractivity contribution in [2.75, 3.05) is 0 Å². The van der Waals surface area contributed by atoms with Crippen LogP contribution in [0.4, 0.5) is 0 Å². The highest BCUT2D eigenvalue weighted by Crippen LogP contribution is 2.60. The van der Waals surface area contributed by atoms with Gasteiger partial charge in [0.15, 0.2) is 7.21 Å². The summed E-state index contributed by atoms with van der Waals surface area (Å²) in [6.07, 6.45) is 6.17. The molecule has 4 bridgehead atoms. The lowest BCUT2D eigenvalue weighted by molar-refractivity contribution is 0.694. The van der Waals surface area contributed by atoms with E-state index in [4.69, 9.17) is 12.1 Å². The molecule has 6 unspecified atom stereocenters. The largest absolute Gasteiger partial charge is 0.191 e. The first kappa shape index (κ1) is 14.8. The van der Waals surface area contributed by atoms with Gasteiger partial charge in [0.05, 0.1) is 10.5 Å². The Hall–Kier alpha value is -1.29. The minimum absolute atomic E-state index is 0.186. The Kier molecular flexibility index (Phi) is 3.18. The van der Waals surface area contributed by atoms with Crippen LogP contribution in [0.25, 0.3) is 0 Å². The predicted octanol–water partition coefficient (Wildman–Crippen LogP) is 4.16. The maximum Gasteiger partial charge on any atom is 0.153 e. The average Bonchev–Trinajstić information content (AvgIpc) is 3.37. The molecule has 2 heterocycles. The summed E-state index contributed by atoms with van der Waals surface area (Å²) >= 11 is 0. The maximum absolute atomic E-state index is 5.45. The Morgan fingerprint density at radius 2 is 1.32 bits per heavy atom. The summed E-state index contributed by atoms with van der Waals surface area (Å²) in [6, 6.07) is 21.5. The van der Waals surface area contributed by atoms with Gasteiger partial charge in [-0.2, -0.15) is 12.1 Å². The molecule has 2 aliphatic heterocycles. The molecule has 0 saturated heterocycles. The second-order valence-electron chi connectivity index (χ2n) is 6.97. The molecule has 6 rings (SSSR count). The van der Waals surface area contributed by atoms with Crippen molar-refractivity contribution in [2.45, 2.75) is 16.9 Å². The predicted molar refractivity (Wildman–Crippen MR) is 109 cm³/mol. The quantitative estimate of drug-likeness (QED) is 0.552. The van der Waals surface area contributed by atoms with Crippen molar-refractivity contribution in [3.63, 3.8) is 0 Å². The van der Waals surface area contributed by atoms with Gasteiger partial charge in [0.25, 0.3) is 0 Å². The zero-order valence-corrected chi connectivity index (χ0v) is 16.1. The van der Waals surface area contributed by atoms with E-state index < -0.39 is 7.21 Å². The van der Waals surface area contributed by atoms with E-state index in [1.54, 1.807) is 0 Å². The van der Waals surface area contributed by atoms with Crippen LogP contribution in [0.5, 0.6) is 0 Å². The average molecular weight is 383 g/mol. The zero-order valence-electron chi connectivity index (χ0n) is 13.6. The monoisotopic (exact) mass is 383 g/mol. The number of rotatable bonds is 2. The van der Waals surface area contributed by atoms with Gasteiger partial charge in [-0.1, -0.05) is 72.8 Å². The van der Waals surface area contributed by atoms with E-state index in [0.29, 0.717) is 22.3 Å². The third-order valence-electron chi connectivity index (χ3n) is 5.59. The second kappa shape index (κ2) is 5.35. The summed E-state index contributed by atoms with van der Waals surface area (Å²) in [6.45, 7) is 0. The second-order valence-corrected chi connectivity index (χ2v) is 13.4.